The Morgan fingerprint density at radius 3 is 2.93 bits per heavy atom. The summed E-state index contributed by atoms with van der Waals surface area (Å²) in [7, 11) is 0. The number of nitrogens with two attached hydrogens (primary N) is 1. The van der Waals surface area contributed by atoms with Gasteiger partial charge in [0, 0.05) is 11.6 Å². The van der Waals surface area contributed by atoms with E-state index in [1.807, 2.05) is 24.3 Å². The molecule has 0 spiro atoms. The largest absolute Gasteiger partial charge is 0.422 e. The summed E-state index contributed by atoms with van der Waals surface area (Å²) < 4.78 is 5.34. The Hall–Kier alpha value is -1.97. The van der Waals surface area contributed by atoms with Crippen LogP contribution in [0.2, 0.25) is 0 Å². The third-order valence-electron chi connectivity index (χ3n) is 1.84. The van der Waals surface area contributed by atoms with Crippen LogP contribution in [0.15, 0.2) is 33.8 Å². The fourth-order valence-electron chi connectivity index (χ4n) is 1.21. The maximum atomic E-state index is 5.79. The Morgan fingerprint density at radius 2 is 2.21 bits per heavy atom. The molecule has 2 aromatic rings. The van der Waals surface area contributed by atoms with Crippen molar-refractivity contribution >= 4 is 22.9 Å². The van der Waals surface area contributed by atoms with Crippen LogP contribution in [-0.2, 0) is 0 Å². The van der Waals surface area contributed by atoms with E-state index in [0.717, 1.165) is 5.39 Å². The zero-order valence-corrected chi connectivity index (χ0v) is 7.73. The average Bonchev–Trinajstić information content (AvgIpc) is 2.54. The highest BCUT2D eigenvalue weighted by Crippen LogP contribution is 2.33. The van der Waals surface area contributed by atoms with Crippen LogP contribution in [-0.4, -0.2) is 6.21 Å². The lowest BCUT2D eigenvalue weighted by atomic mass is 10.2. The van der Waals surface area contributed by atoms with Crippen molar-refractivity contribution in [2.45, 2.75) is 6.92 Å². The first-order chi connectivity index (χ1) is 6.83. The fourth-order valence-corrected chi connectivity index (χ4v) is 1.21. The van der Waals surface area contributed by atoms with E-state index < -0.39 is 0 Å². The van der Waals surface area contributed by atoms with E-state index in [9.17, 15) is 0 Å². The molecule has 0 aliphatic heterocycles. The molecule has 0 atom stereocenters. The van der Waals surface area contributed by atoms with Crippen molar-refractivity contribution in [2.24, 2.45) is 5.16 Å². The second-order valence-corrected chi connectivity index (χ2v) is 2.75. The molecular formula is C10H10N2O2. The number of furan rings is 1. The van der Waals surface area contributed by atoms with Crippen molar-refractivity contribution in [1.29, 1.82) is 0 Å². The maximum Gasteiger partial charge on any atom is 0.339 e. The molecule has 0 saturated carbocycles. The zero-order valence-electron chi connectivity index (χ0n) is 7.73. The van der Waals surface area contributed by atoms with E-state index in [2.05, 4.69) is 5.16 Å². The van der Waals surface area contributed by atoms with Crippen LogP contribution in [0.25, 0.3) is 11.0 Å². The molecule has 0 aliphatic rings. The number of rotatable bonds is 2. The SMILES string of the molecule is C/C=N/Oc1oc2ccccc2c1N. The van der Waals surface area contributed by atoms with Gasteiger partial charge in [0.2, 0.25) is 0 Å². The minimum absolute atomic E-state index is 0.240. The minimum Gasteiger partial charge on any atom is -0.422 e. The third kappa shape index (κ3) is 1.31. The van der Waals surface area contributed by atoms with Crippen molar-refractivity contribution in [1.82, 2.24) is 0 Å². The first kappa shape index (κ1) is 8.62. The molecule has 14 heavy (non-hydrogen) atoms. The molecule has 0 saturated heterocycles. The van der Waals surface area contributed by atoms with Crippen molar-refractivity contribution < 1.29 is 9.25 Å². The van der Waals surface area contributed by atoms with Crippen molar-refractivity contribution in [3.63, 3.8) is 0 Å². The first-order valence-corrected chi connectivity index (χ1v) is 4.25. The van der Waals surface area contributed by atoms with E-state index in [1.165, 1.54) is 6.21 Å². The Bertz CT molecular complexity index is 474. The lowest BCUT2D eigenvalue weighted by Crippen LogP contribution is -1.87. The molecule has 0 aliphatic carbocycles. The number of hydrogen-bond donors (Lipinski definition) is 1. The highest BCUT2D eigenvalue weighted by atomic mass is 16.7. The zero-order chi connectivity index (χ0) is 9.97. The highest BCUT2D eigenvalue weighted by Gasteiger charge is 2.11. The van der Waals surface area contributed by atoms with E-state index in [-0.39, 0.29) is 5.95 Å². The predicted molar refractivity (Wildman–Crippen MR) is 55.4 cm³/mol. The van der Waals surface area contributed by atoms with Crippen molar-refractivity contribution in [2.75, 3.05) is 5.73 Å². The fraction of sp³-hybridized carbons (Fsp3) is 0.100. The van der Waals surface area contributed by atoms with Gasteiger partial charge in [-0.05, 0) is 19.1 Å². The summed E-state index contributed by atoms with van der Waals surface area (Å²) in [5.41, 5.74) is 6.97. The Labute approximate surface area is 80.9 Å². The molecule has 0 amide bonds. The summed E-state index contributed by atoms with van der Waals surface area (Å²) in [5.74, 6) is 0.240. The lowest BCUT2D eigenvalue weighted by molar-refractivity contribution is 0.268. The molecule has 0 fully saturated rings. The molecular weight excluding hydrogens is 180 g/mol. The van der Waals surface area contributed by atoms with Crippen LogP contribution in [0.4, 0.5) is 5.69 Å². The summed E-state index contributed by atoms with van der Waals surface area (Å²) >= 11 is 0. The van der Waals surface area contributed by atoms with Crippen LogP contribution < -0.4 is 10.6 Å². The van der Waals surface area contributed by atoms with Gasteiger partial charge in [-0.2, -0.15) is 0 Å². The van der Waals surface area contributed by atoms with E-state index >= 15 is 0 Å². The maximum absolute atomic E-state index is 5.79. The van der Waals surface area contributed by atoms with Crippen molar-refractivity contribution in [3.8, 4) is 5.95 Å². The van der Waals surface area contributed by atoms with Gasteiger partial charge in [0.15, 0.2) is 0 Å². The molecule has 2 rings (SSSR count). The molecule has 1 heterocycles. The third-order valence-corrected chi connectivity index (χ3v) is 1.84. The number of hydrogen-bond acceptors (Lipinski definition) is 4. The van der Waals surface area contributed by atoms with Gasteiger partial charge in [-0.15, -0.1) is 0 Å². The summed E-state index contributed by atoms with van der Waals surface area (Å²) in [4.78, 5) is 4.95. The van der Waals surface area contributed by atoms with E-state index in [0.29, 0.717) is 11.3 Å². The monoisotopic (exact) mass is 190 g/mol. The Balaban J connectivity index is 2.51. The topological polar surface area (TPSA) is 60.8 Å². The van der Waals surface area contributed by atoms with Gasteiger partial charge < -0.3 is 15.0 Å². The Morgan fingerprint density at radius 1 is 1.43 bits per heavy atom. The molecule has 4 nitrogen and oxygen atoms in total. The van der Waals surface area contributed by atoms with Crippen LogP contribution in [0, 0.1) is 0 Å². The number of anilines is 1. The summed E-state index contributed by atoms with van der Waals surface area (Å²) in [6.07, 6.45) is 1.52. The van der Waals surface area contributed by atoms with Gasteiger partial charge >= 0.3 is 5.95 Å². The number of nitrogens with zero attached hydrogens (tertiary/aromatic N) is 1. The van der Waals surface area contributed by atoms with E-state index in [1.54, 1.807) is 6.92 Å². The van der Waals surface area contributed by atoms with Crippen LogP contribution in [0.5, 0.6) is 5.95 Å². The van der Waals surface area contributed by atoms with Gasteiger partial charge in [-0.3, -0.25) is 0 Å². The van der Waals surface area contributed by atoms with Gasteiger partial charge in [-0.1, -0.05) is 17.3 Å². The Kier molecular flexibility index (Phi) is 2.10. The minimum atomic E-state index is 0.240. The predicted octanol–water partition coefficient (Wildman–Crippen LogP) is 2.40. The number of para-hydroxylation sites is 1. The highest BCUT2D eigenvalue weighted by molar-refractivity contribution is 5.92. The number of benzene rings is 1. The number of nitrogen functional groups attached to an aromatic ring is 1. The van der Waals surface area contributed by atoms with Gasteiger partial charge in [0.1, 0.15) is 11.3 Å². The van der Waals surface area contributed by atoms with Crippen molar-refractivity contribution in [3.05, 3.63) is 24.3 Å². The van der Waals surface area contributed by atoms with Gasteiger partial charge in [0.05, 0.1) is 0 Å². The normalized spacial score (nSPS) is 11.2. The van der Waals surface area contributed by atoms with Crippen LogP contribution in [0.3, 0.4) is 0 Å². The van der Waals surface area contributed by atoms with Gasteiger partial charge in [0.25, 0.3) is 0 Å². The molecule has 1 aromatic heterocycles. The van der Waals surface area contributed by atoms with Crippen LogP contribution >= 0.6 is 0 Å². The van der Waals surface area contributed by atoms with E-state index in [4.69, 9.17) is 15.0 Å². The molecule has 2 N–H and O–H groups in total. The molecule has 0 radical (unpaired) electrons. The molecule has 0 unspecified atom stereocenters. The molecule has 72 valence electrons. The second kappa shape index (κ2) is 3.41. The smallest absolute Gasteiger partial charge is 0.339 e. The molecule has 1 aromatic carbocycles. The van der Waals surface area contributed by atoms with Gasteiger partial charge in [-0.25, -0.2) is 0 Å². The number of fused-ring (bicyclic) bond motifs is 1. The summed E-state index contributed by atoms with van der Waals surface area (Å²) in [6, 6.07) is 7.46. The summed E-state index contributed by atoms with van der Waals surface area (Å²) in [6.45, 7) is 1.75. The standard InChI is InChI=1S/C10H10N2O2/c1-2-12-14-10-9(11)7-5-3-4-6-8(7)13-10/h2-6H,11H2,1H3/b12-2+. The molecule has 4 heteroatoms. The lowest BCUT2D eigenvalue weighted by Gasteiger charge is -1.91. The molecule has 0 bridgehead atoms. The second-order valence-electron chi connectivity index (χ2n) is 2.75. The first-order valence-electron chi connectivity index (χ1n) is 4.25. The number of oxime groups is 1. The average molecular weight is 190 g/mol. The van der Waals surface area contributed by atoms with Crippen LogP contribution in [0.1, 0.15) is 6.92 Å². The summed E-state index contributed by atoms with van der Waals surface area (Å²) in [5, 5.41) is 4.44. The quantitative estimate of drug-likeness (QED) is 0.584.